The van der Waals surface area contributed by atoms with Gasteiger partial charge in [-0.1, -0.05) is 36.4 Å². The van der Waals surface area contributed by atoms with Gasteiger partial charge in [0.05, 0.1) is 18.7 Å². The maximum atomic E-state index is 14.0. The van der Waals surface area contributed by atoms with Crippen LogP contribution >= 0.6 is 0 Å². The van der Waals surface area contributed by atoms with Crippen molar-refractivity contribution < 1.29 is 14.3 Å². The third-order valence-electron chi connectivity index (χ3n) is 5.83. The number of aliphatic hydroxyl groups excluding tert-OH is 1. The molecular weight excluding hydrogens is 343 g/mol. The lowest BCUT2D eigenvalue weighted by molar-refractivity contribution is 0.141. The van der Waals surface area contributed by atoms with E-state index < -0.39 is 0 Å². The number of amides is 2. The van der Waals surface area contributed by atoms with Gasteiger partial charge in [0.15, 0.2) is 0 Å². The highest BCUT2D eigenvalue weighted by Crippen LogP contribution is 2.36. The lowest BCUT2D eigenvalue weighted by Gasteiger charge is -2.36. The second-order valence-electron chi connectivity index (χ2n) is 7.37. The lowest BCUT2D eigenvalue weighted by atomic mass is 9.87. The fourth-order valence-corrected chi connectivity index (χ4v) is 4.55. The van der Waals surface area contributed by atoms with Crippen LogP contribution in [0.25, 0.3) is 0 Å². The normalized spacial score (nSPS) is 20.7. The zero-order valence-electron chi connectivity index (χ0n) is 15.3. The van der Waals surface area contributed by atoms with Crippen molar-refractivity contribution in [3.63, 3.8) is 0 Å². The van der Waals surface area contributed by atoms with Gasteiger partial charge in [-0.2, -0.15) is 0 Å². The molecule has 0 saturated carbocycles. The SMILES string of the molecule is O=C(NC1CCc2c(F)cccc21)N(CCO)C1CCCc2ccccc21. The Labute approximate surface area is 159 Å². The van der Waals surface area contributed by atoms with Gasteiger partial charge < -0.3 is 15.3 Å². The summed E-state index contributed by atoms with van der Waals surface area (Å²) >= 11 is 0. The molecule has 2 atom stereocenters. The van der Waals surface area contributed by atoms with Crippen LogP contribution in [0, 0.1) is 5.82 Å². The largest absolute Gasteiger partial charge is 0.395 e. The summed E-state index contributed by atoms with van der Waals surface area (Å²) in [6, 6.07) is 12.9. The smallest absolute Gasteiger partial charge is 0.318 e. The molecule has 0 aromatic heterocycles. The summed E-state index contributed by atoms with van der Waals surface area (Å²) in [6.45, 7) is 0.204. The van der Waals surface area contributed by atoms with Gasteiger partial charge in [-0.05, 0) is 60.4 Å². The van der Waals surface area contributed by atoms with E-state index in [1.807, 2.05) is 18.2 Å². The highest BCUT2D eigenvalue weighted by atomic mass is 19.1. The number of rotatable bonds is 4. The minimum Gasteiger partial charge on any atom is -0.395 e. The molecule has 0 fully saturated rings. The van der Waals surface area contributed by atoms with Crippen LogP contribution in [0.4, 0.5) is 9.18 Å². The van der Waals surface area contributed by atoms with Gasteiger partial charge in [0.25, 0.3) is 0 Å². The first-order valence-corrected chi connectivity index (χ1v) is 9.72. The van der Waals surface area contributed by atoms with Crippen molar-refractivity contribution in [2.75, 3.05) is 13.2 Å². The van der Waals surface area contributed by atoms with E-state index in [2.05, 4.69) is 17.4 Å². The molecule has 0 radical (unpaired) electrons. The third-order valence-corrected chi connectivity index (χ3v) is 5.83. The number of urea groups is 1. The topological polar surface area (TPSA) is 52.6 Å². The minimum absolute atomic E-state index is 0.0320. The Morgan fingerprint density at radius 2 is 1.93 bits per heavy atom. The molecule has 0 spiro atoms. The Morgan fingerprint density at radius 1 is 1.11 bits per heavy atom. The Kier molecular flexibility index (Phi) is 5.12. The minimum atomic E-state index is -0.197. The molecule has 4 rings (SSSR count). The van der Waals surface area contributed by atoms with Crippen LogP contribution < -0.4 is 5.32 Å². The van der Waals surface area contributed by atoms with Crippen molar-refractivity contribution in [2.24, 2.45) is 0 Å². The number of halogens is 1. The quantitative estimate of drug-likeness (QED) is 0.860. The molecule has 2 amide bonds. The number of hydrogen-bond donors (Lipinski definition) is 2. The van der Waals surface area contributed by atoms with E-state index in [1.54, 1.807) is 11.0 Å². The maximum absolute atomic E-state index is 14.0. The van der Waals surface area contributed by atoms with E-state index in [-0.39, 0.29) is 37.1 Å². The number of nitrogens with one attached hydrogen (secondary N) is 1. The predicted octanol–water partition coefficient (Wildman–Crippen LogP) is 3.89. The van der Waals surface area contributed by atoms with Crippen LogP contribution in [-0.4, -0.2) is 29.2 Å². The summed E-state index contributed by atoms with van der Waals surface area (Å²) in [6.07, 6.45) is 4.28. The van der Waals surface area contributed by atoms with Crippen molar-refractivity contribution in [3.05, 3.63) is 70.5 Å². The fraction of sp³-hybridized carbons (Fsp3) is 0.409. The molecule has 5 heteroatoms. The van der Waals surface area contributed by atoms with E-state index in [0.717, 1.165) is 24.8 Å². The van der Waals surface area contributed by atoms with Crippen molar-refractivity contribution in [1.82, 2.24) is 10.2 Å². The lowest BCUT2D eigenvalue weighted by Crippen LogP contribution is -2.45. The highest BCUT2D eigenvalue weighted by molar-refractivity contribution is 5.75. The summed E-state index contributed by atoms with van der Waals surface area (Å²) in [4.78, 5) is 14.8. The highest BCUT2D eigenvalue weighted by Gasteiger charge is 2.32. The number of benzene rings is 2. The number of carbonyl (C=O) groups is 1. The molecule has 0 bridgehead atoms. The van der Waals surface area contributed by atoms with Crippen molar-refractivity contribution in [3.8, 4) is 0 Å². The molecular formula is C22H25FN2O2. The van der Waals surface area contributed by atoms with Crippen molar-refractivity contribution in [2.45, 2.75) is 44.2 Å². The zero-order chi connectivity index (χ0) is 18.8. The summed E-state index contributed by atoms with van der Waals surface area (Å²) in [5, 5.41) is 12.6. The first-order chi connectivity index (χ1) is 13.2. The number of hydrogen-bond acceptors (Lipinski definition) is 2. The predicted molar refractivity (Wildman–Crippen MR) is 102 cm³/mol. The number of aryl methyl sites for hydroxylation is 1. The average molecular weight is 368 g/mol. The van der Waals surface area contributed by atoms with Gasteiger partial charge in [0.2, 0.25) is 0 Å². The van der Waals surface area contributed by atoms with Gasteiger partial charge in [0, 0.05) is 6.54 Å². The molecule has 4 nitrogen and oxygen atoms in total. The third kappa shape index (κ3) is 3.44. The van der Waals surface area contributed by atoms with E-state index in [9.17, 15) is 14.3 Å². The van der Waals surface area contributed by atoms with Gasteiger partial charge >= 0.3 is 6.03 Å². The van der Waals surface area contributed by atoms with Gasteiger partial charge in [-0.15, -0.1) is 0 Å². The van der Waals surface area contributed by atoms with Crippen LogP contribution in [0.2, 0.25) is 0 Å². The molecule has 2 N–H and O–H groups in total. The van der Waals surface area contributed by atoms with Gasteiger partial charge in [0.1, 0.15) is 5.82 Å². The van der Waals surface area contributed by atoms with E-state index in [0.29, 0.717) is 18.4 Å². The molecule has 0 saturated heterocycles. The molecule has 2 unspecified atom stereocenters. The van der Waals surface area contributed by atoms with Crippen LogP contribution in [0.1, 0.15) is 53.6 Å². The second-order valence-corrected chi connectivity index (χ2v) is 7.37. The summed E-state index contributed by atoms with van der Waals surface area (Å²) in [5.41, 5.74) is 4.03. The summed E-state index contributed by atoms with van der Waals surface area (Å²) in [7, 11) is 0. The number of carbonyl (C=O) groups excluding carboxylic acids is 1. The second kappa shape index (κ2) is 7.69. The molecule has 2 aromatic rings. The van der Waals surface area contributed by atoms with Gasteiger partial charge in [-0.3, -0.25) is 0 Å². The first kappa shape index (κ1) is 18.0. The van der Waals surface area contributed by atoms with E-state index in [1.165, 1.54) is 17.2 Å². The Morgan fingerprint density at radius 3 is 2.78 bits per heavy atom. The Bertz CT molecular complexity index is 839. The number of nitrogens with zero attached hydrogens (tertiary/aromatic N) is 1. The van der Waals surface area contributed by atoms with Crippen LogP contribution in [0.3, 0.4) is 0 Å². The summed E-state index contributed by atoms with van der Waals surface area (Å²) < 4.78 is 14.0. The van der Waals surface area contributed by atoms with Crippen molar-refractivity contribution in [1.29, 1.82) is 0 Å². The van der Waals surface area contributed by atoms with Crippen LogP contribution in [0.5, 0.6) is 0 Å². The van der Waals surface area contributed by atoms with E-state index >= 15 is 0 Å². The Balaban J connectivity index is 1.56. The zero-order valence-corrected chi connectivity index (χ0v) is 15.3. The Hall–Kier alpha value is -2.40. The standard InChI is InChI=1S/C22H25FN2O2/c23-19-9-4-8-18-17(19)11-12-20(18)24-22(27)25(13-14-26)21-10-3-6-15-5-1-2-7-16(15)21/h1-2,4-5,7-9,20-21,26H,3,6,10-14H2,(H,24,27). The molecule has 2 aliphatic carbocycles. The molecule has 2 aliphatic rings. The molecule has 142 valence electrons. The number of fused-ring (bicyclic) bond motifs is 2. The molecule has 27 heavy (non-hydrogen) atoms. The summed E-state index contributed by atoms with van der Waals surface area (Å²) in [5.74, 6) is -0.197. The number of aliphatic hydroxyl groups is 1. The first-order valence-electron chi connectivity index (χ1n) is 9.72. The molecule has 2 aromatic carbocycles. The van der Waals surface area contributed by atoms with Crippen LogP contribution in [-0.2, 0) is 12.8 Å². The van der Waals surface area contributed by atoms with E-state index in [4.69, 9.17) is 0 Å². The van der Waals surface area contributed by atoms with Gasteiger partial charge in [-0.25, -0.2) is 9.18 Å². The molecule has 0 aliphatic heterocycles. The molecule has 0 heterocycles. The maximum Gasteiger partial charge on any atom is 0.318 e. The fourth-order valence-electron chi connectivity index (χ4n) is 4.55. The van der Waals surface area contributed by atoms with Crippen LogP contribution in [0.15, 0.2) is 42.5 Å². The average Bonchev–Trinajstić information content (AvgIpc) is 3.10. The monoisotopic (exact) mass is 368 g/mol. The van der Waals surface area contributed by atoms with Crippen molar-refractivity contribution >= 4 is 6.03 Å².